The van der Waals surface area contributed by atoms with E-state index in [-0.39, 0.29) is 11.7 Å². The molecule has 0 saturated heterocycles. The number of hydrogen-bond donors (Lipinski definition) is 1. The number of benzene rings is 3. The van der Waals surface area contributed by atoms with Gasteiger partial charge in [-0.25, -0.2) is 0 Å². The fraction of sp³-hybridized carbons (Fsp3) is 0.138. The lowest BCUT2D eigenvalue weighted by atomic mass is 10.1. The van der Waals surface area contributed by atoms with Gasteiger partial charge in [-0.2, -0.15) is 0 Å². The maximum Gasteiger partial charge on any atom is 0.311 e. The molecule has 0 radical (unpaired) electrons. The molecule has 0 bridgehead atoms. The van der Waals surface area contributed by atoms with Crippen molar-refractivity contribution in [1.29, 1.82) is 0 Å². The molecule has 1 aliphatic rings. The average molecular weight is 427 g/mol. The van der Waals surface area contributed by atoms with Gasteiger partial charge in [-0.1, -0.05) is 99.0 Å². The second-order valence-electron chi connectivity index (χ2n) is 7.07. The van der Waals surface area contributed by atoms with E-state index >= 15 is 0 Å². The van der Waals surface area contributed by atoms with Crippen LogP contribution < -0.4 is 4.74 Å². The summed E-state index contributed by atoms with van der Waals surface area (Å²) in [5, 5.41) is 9.04. The maximum absolute atomic E-state index is 11.1. The molecule has 0 amide bonds. The van der Waals surface area contributed by atoms with Crippen molar-refractivity contribution in [1.82, 2.24) is 0 Å². The number of esters is 1. The minimum Gasteiger partial charge on any atom is -0.507 e. The Morgan fingerprint density at radius 1 is 0.969 bits per heavy atom. The van der Waals surface area contributed by atoms with Crippen molar-refractivity contribution < 1.29 is 14.6 Å². The van der Waals surface area contributed by atoms with Gasteiger partial charge in [0.25, 0.3) is 0 Å². The van der Waals surface area contributed by atoms with E-state index in [1.807, 2.05) is 31.2 Å². The molecule has 0 aromatic heterocycles. The van der Waals surface area contributed by atoms with Crippen LogP contribution in [0.25, 0.3) is 18.2 Å². The standard InChI is InChI=1S/C12H14O2.C9H8.C8H8O/c1-3-5-12(13)14-11-8-6-10(4-2)7-9-11;1-2-5-9-7-3-6-8(9)4-1;1-2-7-5-3-4-6-8(7)9/h4,6-9H,2-3,5H2,1H3;1-6H,7H2;2-6,9H,1H2. The third kappa shape index (κ3) is 8.11. The number of fused-ring (bicyclic) bond motifs is 1. The van der Waals surface area contributed by atoms with Crippen molar-refractivity contribution >= 4 is 24.2 Å². The number of rotatable bonds is 5. The van der Waals surface area contributed by atoms with Gasteiger partial charge in [-0.15, -0.1) is 0 Å². The largest absolute Gasteiger partial charge is 0.507 e. The lowest BCUT2D eigenvalue weighted by Gasteiger charge is -2.02. The normalized spacial score (nSPS) is 10.5. The van der Waals surface area contributed by atoms with Crippen LogP contribution in [0, 0.1) is 0 Å². The Labute approximate surface area is 191 Å². The van der Waals surface area contributed by atoms with Crippen LogP contribution >= 0.6 is 0 Å². The summed E-state index contributed by atoms with van der Waals surface area (Å²) in [6.45, 7) is 9.12. The van der Waals surface area contributed by atoms with Gasteiger partial charge in [0.1, 0.15) is 11.5 Å². The fourth-order valence-corrected chi connectivity index (χ4v) is 2.91. The highest BCUT2D eigenvalue weighted by Gasteiger charge is 2.02. The predicted octanol–water partition coefficient (Wildman–Crippen LogP) is 7.33. The molecule has 164 valence electrons. The van der Waals surface area contributed by atoms with Crippen molar-refractivity contribution in [2.45, 2.75) is 26.2 Å². The van der Waals surface area contributed by atoms with E-state index in [2.05, 4.69) is 49.6 Å². The Bertz CT molecular complexity index is 1040. The molecule has 3 heteroatoms. The Kier molecular flexibility index (Phi) is 10.3. The third-order valence-electron chi connectivity index (χ3n) is 4.65. The summed E-state index contributed by atoms with van der Waals surface area (Å²) in [5.41, 5.74) is 4.63. The van der Waals surface area contributed by atoms with Crippen LogP contribution in [0.4, 0.5) is 0 Å². The molecule has 3 aromatic rings. The quantitative estimate of drug-likeness (QED) is 0.343. The van der Waals surface area contributed by atoms with E-state index in [0.717, 1.165) is 24.0 Å². The zero-order valence-electron chi connectivity index (χ0n) is 18.5. The highest BCUT2D eigenvalue weighted by Crippen LogP contribution is 2.18. The Hall–Kier alpha value is -3.85. The molecule has 4 rings (SSSR count). The summed E-state index contributed by atoms with van der Waals surface area (Å²) < 4.78 is 5.08. The SMILES string of the molecule is C1=Cc2ccccc2C1.C=Cc1ccc(OC(=O)CCC)cc1.C=Cc1ccccc1O. The lowest BCUT2D eigenvalue weighted by Crippen LogP contribution is -2.06. The summed E-state index contributed by atoms with van der Waals surface area (Å²) in [5.74, 6) is 0.695. The number of aromatic hydroxyl groups is 1. The number of phenolic OH excluding ortho intramolecular Hbond substituents is 1. The third-order valence-corrected chi connectivity index (χ3v) is 4.65. The smallest absolute Gasteiger partial charge is 0.311 e. The molecule has 0 heterocycles. The van der Waals surface area contributed by atoms with Crippen molar-refractivity contribution in [3.05, 3.63) is 114 Å². The van der Waals surface area contributed by atoms with E-state index in [1.165, 1.54) is 11.1 Å². The zero-order chi connectivity index (χ0) is 23.2. The molecular weight excluding hydrogens is 396 g/mol. The second-order valence-corrected chi connectivity index (χ2v) is 7.07. The van der Waals surface area contributed by atoms with Crippen LogP contribution in [0.3, 0.4) is 0 Å². The highest BCUT2D eigenvalue weighted by atomic mass is 16.5. The second kappa shape index (κ2) is 13.5. The summed E-state index contributed by atoms with van der Waals surface area (Å²) in [4.78, 5) is 11.1. The number of carbonyl (C=O) groups excluding carboxylic acids is 1. The summed E-state index contributed by atoms with van der Waals surface area (Å²) in [6, 6.07) is 22.8. The minimum absolute atomic E-state index is 0.182. The van der Waals surface area contributed by atoms with E-state index in [1.54, 1.807) is 36.4 Å². The van der Waals surface area contributed by atoms with Gasteiger partial charge in [-0.05, 0) is 47.7 Å². The molecule has 0 fully saturated rings. The minimum atomic E-state index is -0.182. The Morgan fingerprint density at radius 3 is 2.25 bits per heavy atom. The topological polar surface area (TPSA) is 46.5 Å². The average Bonchev–Trinajstić information content (AvgIpc) is 3.30. The van der Waals surface area contributed by atoms with Gasteiger partial charge in [-0.3, -0.25) is 4.79 Å². The summed E-state index contributed by atoms with van der Waals surface area (Å²) in [6.07, 6.45) is 10.1. The summed E-state index contributed by atoms with van der Waals surface area (Å²) in [7, 11) is 0. The monoisotopic (exact) mass is 426 g/mol. The zero-order valence-corrected chi connectivity index (χ0v) is 18.5. The van der Waals surface area contributed by atoms with E-state index in [4.69, 9.17) is 9.84 Å². The Morgan fingerprint density at radius 2 is 1.66 bits per heavy atom. The Balaban J connectivity index is 0.000000176. The first-order chi connectivity index (χ1) is 15.6. The van der Waals surface area contributed by atoms with Crippen molar-refractivity contribution in [3.8, 4) is 11.5 Å². The van der Waals surface area contributed by atoms with Gasteiger partial charge in [0.2, 0.25) is 0 Å². The molecule has 0 unspecified atom stereocenters. The number of allylic oxidation sites excluding steroid dienone is 1. The van der Waals surface area contributed by atoms with Crippen LogP contribution in [0.1, 0.15) is 42.0 Å². The number of phenols is 1. The van der Waals surface area contributed by atoms with Gasteiger partial charge >= 0.3 is 5.97 Å². The molecule has 3 nitrogen and oxygen atoms in total. The fourth-order valence-electron chi connectivity index (χ4n) is 2.91. The van der Waals surface area contributed by atoms with Crippen LogP contribution in [0.2, 0.25) is 0 Å². The van der Waals surface area contributed by atoms with E-state index in [9.17, 15) is 4.79 Å². The van der Waals surface area contributed by atoms with Crippen LogP contribution in [0.5, 0.6) is 11.5 Å². The van der Waals surface area contributed by atoms with Crippen LogP contribution in [0.15, 0.2) is 92.0 Å². The van der Waals surface area contributed by atoms with Crippen LogP contribution in [-0.2, 0) is 11.2 Å². The molecule has 1 aliphatic carbocycles. The van der Waals surface area contributed by atoms with E-state index < -0.39 is 0 Å². The highest BCUT2D eigenvalue weighted by molar-refractivity contribution is 5.72. The lowest BCUT2D eigenvalue weighted by molar-refractivity contribution is -0.134. The summed E-state index contributed by atoms with van der Waals surface area (Å²) >= 11 is 0. The molecule has 0 spiro atoms. The number of para-hydroxylation sites is 1. The first-order valence-corrected chi connectivity index (χ1v) is 10.7. The van der Waals surface area contributed by atoms with Crippen molar-refractivity contribution in [2.75, 3.05) is 0 Å². The number of ether oxygens (including phenoxy) is 1. The molecule has 3 aromatic carbocycles. The molecule has 32 heavy (non-hydrogen) atoms. The van der Waals surface area contributed by atoms with Gasteiger partial charge in [0.05, 0.1) is 0 Å². The van der Waals surface area contributed by atoms with E-state index in [0.29, 0.717) is 12.2 Å². The predicted molar refractivity (Wildman–Crippen MR) is 134 cm³/mol. The van der Waals surface area contributed by atoms with Gasteiger partial charge < -0.3 is 9.84 Å². The molecular formula is C29H30O3. The van der Waals surface area contributed by atoms with Gasteiger partial charge in [0.15, 0.2) is 0 Å². The number of carbonyl (C=O) groups is 1. The first kappa shape index (κ1) is 24.4. The molecule has 0 aliphatic heterocycles. The van der Waals surface area contributed by atoms with Crippen LogP contribution in [-0.4, -0.2) is 11.1 Å². The molecule has 0 atom stereocenters. The molecule has 0 saturated carbocycles. The first-order valence-electron chi connectivity index (χ1n) is 10.7. The van der Waals surface area contributed by atoms with Gasteiger partial charge in [0, 0.05) is 12.0 Å². The molecule has 1 N–H and O–H groups in total. The maximum atomic E-state index is 11.1. The number of hydrogen-bond acceptors (Lipinski definition) is 3. The van der Waals surface area contributed by atoms with Crippen molar-refractivity contribution in [2.24, 2.45) is 0 Å². The van der Waals surface area contributed by atoms with Crippen molar-refractivity contribution in [3.63, 3.8) is 0 Å².